The van der Waals surface area contributed by atoms with Gasteiger partial charge >= 0.3 is 5.97 Å². The van der Waals surface area contributed by atoms with Crippen LogP contribution in [0.25, 0.3) is 0 Å². The summed E-state index contributed by atoms with van der Waals surface area (Å²) < 4.78 is 4.80. The number of rotatable bonds is 5. The summed E-state index contributed by atoms with van der Waals surface area (Å²) in [6, 6.07) is 17.5. The lowest BCUT2D eigenvalue weighted by Gasteiger charge is -2.08. The average Bonchev–Trinajstić information content (AvgIpc) is 2.53. The molecular formula is C17H15NO2S. The van der Waals surface area contributed by atoms with Crippen molar-refractivity contribution in [3.8, 4) is 6.07 Å². The number of carbonyl (C=O) groups is 1. The number of hydrogen-bond donors (Lipinski definition) is 0. The Labute approximate surface area is 128 Å². The zero-order chi connectivity index (χ0) is 15.1. The van der Waals surface area contributed by atoms with Crippen LogP contribution in [0.5, 0.6) is 0 Å². The maximum Gasteiger partial charge on any atom is 0.338 e. The molecule has 106 valence electrons. The minimum absolute atomic E-state index is 0.315. The molecule has 0 amide bonds. The highest BCUT2D eigenvalue weighted by atomic mass is 32.2. The topological polar surface area (TPSA) is 50.1 Å². The van der Waals surface area contributed by atoms with Gasteiger partial charge in [-0.2, -0.15) is 5.26 Å². The number of thioether (sulfide) groups is 1. The normalized spacial score (nSPS) is 9.90. The van der Waals surface area contributed by atoms with E-state index in [-0.39, 0.29) is 5.97 Å². The fourth-order valence-electron chi connectivity index (χ4n) is 1.95. The molecule has 0 atom stereocenters. The second kappa shape index (κ2) is 7.51. The van der Waals surface area contributed by atoms with Gasteiger partial charge in [0.2, 0.25) is 0 Å². The molecule has 2 aromatic rings. The minimum Gasteiger partial charge on any atom is -0.465 e. The molecule has 0 fully saturated rings. The molecule has 0 unspecified atom stereocenters. The molecule has 0 spiro atoms. The fourth-order valence-corrected chi connectivity index (χ4v) is 2.94. The number of methoxy groups -OCH3 is 1. The molecule has 0 N–H and O–H groups in total. The van der Waals surface area contributed by atoms with Crippen molar-refractivity contribution in [1.29, 1.82) is 5.26 Å². The summed E-state index contributed by atoms with van der Waals surface area (Å²) in [5.41, 5.74) is 2.55. The number of nitriles is 1. The van der Waals surface area contributed by atoms with Crippen molar-refractivity contribution in [2.45, 2.75) is 17.1 Å². The smallest absolute Gasteiger partial charge is 0.338 e. The Morgan fingerprint density at radius 2 is 2.05 bits per heavy atom. The number of ether oxygens (including phenoxy) is 1. The van der Waals surface area contributed by atoms with Crippen LogP contribution in [0.1, 0.15) is 21.5 Å². The van der Waals surface area contributed by atoms with E-state index in [1.54, 1.807) is 17.8 Å². The largest absolute Gasteiger partial charge is 0.465 e. The van der Waals surface area contributed by atoms with Crippen LogP contribution in [0.2, 0.25) is 0 Å². The van der Waals surface area contributed by atoms with Crippen LogP contribution in [0, 0.1) is 11.3 Å². The van der Waals surface area contributed by atoms with Gasteiger partial charge in [0.15, 0.2) is 0 Å². The quantitative estimate of drug-likeness (QED) is 0.621. The van der Waals surface area contributed by atoms with Crippen molar-refractivity contribution in [3.05, 3.63) is 65.2 Å². The molecule has 0 heterocycles. The first-order chi connectivity index (χ1) is 10.2. The van der Waals surface area contributed by atoms with Gasteiger partial charge < -0.3 is 4.74 Å². The lowest BCUT2D eigenvalue weighted by molar-refractivity contribution is 0.0600. The van der Waals surface area contributed by atoms with Gasteiger partial charge in [-0.05, 0) is 29.3 Å². The van der Waals surface area contributed by atoms with Crippen LogP contribution in [0.4, 0.5) is 0 Å². The minimum atomic E-state index is -0.315. The number of carbonyl (C=O) groups excluding carboxylic acids is 1. The van der Waals surface area contributed by atoms with E-state index in [1.165, 1.54) is 7.11 Å². The van der Waals surface area contributed by atoms with Gasteiger partial charge in [0.1, 0.15) is 0 Å². The molecule has 0 radical (unpaired) electrons. The Balaban J connectivity index is 2.12. The summed E-state index contributed by atoms with van der Waals surface area (Å²) in [6.45, 7) is 0. The maximum atomic E-state index is 11.7. The van der Waals surface area contributed by atoms with Crippen molar-refractivity contribution in [3.63, 3.8) is 0 Å². The van der Waals surface area contributed by atoms with E-state index in [4.69, 9.17) is 10.00 Å². The summed E-state index contributed by atoms with van der Waals surface area (Å²) in [4.78, 5) is 12.8. The molecule has 4 heteroatoms. The van der Waals surface area contributed by atoms with Crippen molar-refractivity contribution >= 4 is 17.7 Å². The Bertz CT molecular complexity index is 676. The predicted molar refractivity (Wildman–Crippen MR) is 83.1 cm³/mol. The van der Waals surface area contributed by atoms with Crippen molar-refractivity contribution in [1.82, 2.24) is 0 Å². The highest BCUT2D eigenvalue weighted by molar-refractivity contribution is 7.98. The summed E-state index contributed by atoms with van der Waals surface area (Å²) >= 11 is 1.64. The third kappa shape index (κ3) is 4.11. The first-order valence-electron chi connectivity index (χ1n) is 6.49. The van der Waals surface area contributed by atoms with Crippen LogP contribution >= 0.6 is 11.8 Å². The van der Waals surface area contributed by atoms with Crippen LogP contribution in [-0.4, -0.2) is 13.1 Å². The van der Waals surface area contributed by atoms with E-state index in [0.29, 0.717) is 17.7 Å². The number of benzene rings is 2. The zero-order valence-electron chi connectivity index (χ0n) is 11.7. The third-order valence-corrected chi connectivity index (χ3v) is 4.04. The molecule has 3 nitrogen and oxygen atoms in total. The molecule has 0 saturated carbocycles. The molecule has 0 saturated heterocycles. The molecule has 0 bridgehead atoms. The highest BCUT2D eigenvalue weighted by Crippen LogP contribution is 2.25. The molecule has 0 aliphatic carbocycles. The Morgan fingerprint density at radius 1 is 1.24 bits per heavy atom. The fraction of sp³-hybridized carbons (Fsp3) is 0.176. The van der Waals surface area contributed by atoms with E-state index >= 15 is 0 Å². The van der Waals surface area contributed by atoms with E-state index < -0.39 is 0 Å². The van der Waals surface area contributed by atoms with Crippen LogP contribution in [0.15, 0.2) is 53.4 Å². The molecule has 0 aromatic heterocycles. The van der Waals surface area contributed by atoms with E-state index in [1.807, 2.05) is 42.5 Å². The molecule has 2 rings (SSSR count). The van der Waals surface area contributed by atoms with Crippen molar-refractivity contribution < 1.29 is 9.53 Å². The van der Waals surface area contributed by atoms with Crippen molar-refractivity contribution in [2.24, 2.45) is 0 Å². The van der Waals surface area contributed by atoms with Crippen LogP contribution < -0.4 is 0 Å². The van der Waals surface area contributed by atoms with Gasteiger partial charge in [-0.1, -0.05) is 30.3 Å². The van der Waals surface area contributed by atoms with Crippen molar-refractivity contribution in [2.75, 3.05) is 7.11 Å². The van der Waals surface area contributed by atoms with E-state index in [2.05, 4.69) is 6.07 Å². The lowest BCUT2D eigenvalue weighted by Crippen LogP contribution is -2.04. The molecule has 0 aliphatic rings. The number of hydrogen-bond acceptors (Lipinski definition) is 4. The predicted octanol–water partition coefficient (Wildman–Crippen LogP) is 3.83. The lowest BCUT2D eigenvalue weighted by atomic mass is 10.1. The standard InChI is InChI=1S/C17H15NO2S/c1-20-17(19)16-8-3-2-6-14(16)12-21-15-7-4-5-13(11-15)9-10-18/h2-8,11H,9,12H2,1H3. The first kappa shape index (κ1) is 15.1. The second-order valence-corrected chi connectivity index (χ2v) is 5.47. The summed E-state index contributed by atoms with van der Waals surface area (Å²) in [5, 5.41) is 8.73. The maximum absolute atomic E-state index is 11.7. The molecule has 0 aliphatic heterocycles. The van der Waals surface area contributed by atoms with Gasteiger partial charge in [0.05, 0.1) is 25.2 Å². The second-order valence-electron chi connectivity index (χ2n) is 4.42. The molecular weight excluding hydrogens is 282 g/mol. The Kier molecular flexibility index (Phi) is 5.42. The van der Waals surface area contributed by atoms with Gasteiger partial charge in [-0.15, -0.1) is 11.8 Å². The highest BCUT2D eigenvalue weighted by Gasteiger charge is 2.11. The Morgan fingerprint density at radius 3 is 2.81 bits per heavy atom. The third-order valence-electron chi connectivity index (χ3n) is 3.00. The van der Waals surface area contributed by atoms with E-state index in [9.17, 15) is 4.79 Å². The van der Waals surface area contributed by atoms with Crippen LogP contribution in [0.3, 0.4) is 0 Å². The van der Waals surface area contributed by atoms with Gasteiger partial charge in [-0.3, -0.25) is 0 Å². The first-order valence-corrected chi connectivity index (χ1v) is 7.48. The number of esters is 1. The molecule has 2 aromatic carbocycles. The Hall–Kier alpha value is -2.25. The monoisotopic (exact) mass is 297 g/mol. The van der Waals surface area contributed by atoms with Crippen LogP contribution in [-0.2, 0) is 16.9 Å². The average molecular weight is 297 g/mol. The SMILES string of the molecule is COC(=O)c1ccccc1CSc1cccc(CC#N)c1. The summed E-state index contributed by atoms with van der Waals surface area (Å²) in [7, 11) is 1.39. The van der Waals surface area contributed by atoms with Gasteiger partial charge in [-0.25, -0.2) is 4.79 Å². The van der Waals surface area contributed by atoms with E-state index in [0.717, 1.165) is 16.0 Å². The van der Waals surface area contributed by atoms with Gasteiger partial charge in [0, 0.05) is 10.6 Å². The number of nitrogens with zero attached hydrogens (tertiary/aromatic N) is 1. The van der Waals surface area contributed by atoms with Gasteiger partial charge in [0.25, 0.3) is 0 Å². The zero-order valence-corrected chi connectivity index (χ0v) is 12.5. The molecule has 21 heavy (non-hydrogen) atoms. The summed E-state index contributed by atoms with van der Waals surface area (Å²) in [6.07, 6.45) is 0.410. The summed E-state index contributed by atoms with van der Waals surface area (Å²) in [5.74, 6) is 0.366.